The number of ether oxygens (including phenoxy) is 1. The molecule has 0 spiro atoms. The first-order valence-corrected chi connectivity index (χ1v) is 10.5. The fourth-order valence-corrected chi connectivity index (χ4v) is 5.35. The normalized spacial score (nSPS) is 19.5. The second kappa shape index (κ2) is 7.34. The van der Waals surface area contributed by atoms with Crippen molar-refractivity contribution in [2.24, 2.45) is 0 Å². The van der Waals surface area contributed by atoms with Gasteiger partial charge in [0.25, 0.3) is 0 Å². The number of sulfonamides is 1. The third-order valence-corrected chi connectivity index (χ3v) is 6.70. The molecule has 0 saturated carbocycles. The van der Waals surface area contributed by atoms with E-state index in [9.17, 15) is 21.6 Å². The molecule has 0 aliphatic carbocycles. The smallest absolute Gasteiger partial charge is 0.338 e. The molecule has 1 heterocycles. The maximum atomic E-state index is 12.3. The minimum atomic E-state index is -3.93. The predicted molar refractivity (Wildman–Crippen MR) is 87.6 cm³/mol. The summed E-state index contributed by atoms with van der Waals surface area (Å²) in [5, 5.41) is 0. The zero-order valence-corrected chi connectivity index (χ0v) is 14.4. The molecule has 0 bridgehead atoms. The molecular weight excluding hydrogens is 354 g/mol. The molecule has 1 aromatic carbocycles. The van der Waals surface area contributed by atoms with E-state index in [0.717, 1.165) is 0 Å². The van der Waals surface area contributed by atoms with Gasteiger partial charge >= 0.3 is 5.97 Å². The van der Waals surface area contributed by atoms with E-state index in [-0.39, 0.29) is 41.4 Å². The SMILES string of the molecule is C#CCCOC(=O)c1cccc(S(=O)(=O)N[C@H]2CCS(=O)(=O)C2)c1. The number of hydrogen-bond donors (Lipinski definition) is 1. The van der Waals surface area contributed by atoms with Gasteiger partial charge in [0.1, 0.15) is 6.61 Å². The maximum absolute atomic E-state index is 12.3. The average Bonchev–Trinajstić information content (AvgIpc) is 2.85. The number of hydrogen-bond acceptors (Lipinski definition) is 6. The molecule has 1 aliphatic heterocycles. The van der Waals surface area contributed by atoms with Crippen LogP contribution in [0.4, 0.5) is 0 Å². The summed E-state index contributed by atoms with van der Waals surface area (Å²) in [6.45, 7) is 0.0461. The molecule has 1 atom stereocenters. The van der Waals surface area contributed by atoms with Crippen LogP contribution >= 0.6 is 0 Å². The lowest BCUT2D eigenvalue weighted by molar-refractivity contribution is 0.0513. The van der Waals surface area contributed by atoms with Gasteiger partial charge in [-0.1, -0.05) is 6.07 Å². The summed E-state index contributed by atoms with van der Waals surface area (Å²) < 4.78 is 54.8. The maximum Gasteiger partial charge on any atom is 0.338 e. The van der Waals surface area contributed by atoms with Crippen molar-refractivity contribution in [2.75, 3.05) is 18.1 Å². The van der Waals surface area contributed by atoms with Gasteiger partial charge in [-0.3, -0.25) is 0 Å². The lowest BCUT2D eigenvalue weighted by Gasteiger charge is -2.12. The predicted octanol–water partition coefficient (Wildman–Crippen LogP) is 0.332. The summed E-state index contributed by atoms with van der Waals surface area (Å²) in [5.41, 5.74) is 0.0777. The molecule has 1 aliphatic rings. The summed E-state index contributed by atoms with van der Waals surface area (Å²) in [5.74, 6) is 1.39. The van der Waals surface area contributed by atoms with Crippen LogP contribution in [0.2, 0.25) is 0 Å². The Balaban J connectivity index is 2.12. The Morgan fingerprint density at radius 3 is 2.79 bits per heavy atom. The number of benzene rings is 1. The Morgan fingerprint density at radius 2 is 2.17 bits per heavy atom. The van der Waals surface area contributed by atoms with Crippen LogP contribution in [0, 0.1) is 12.3 Å². The zero-order chi connectivity index (χ0) is 17.8. The van der Waals surface area contributed by atoms with Gasteiger partial charge in [-0.05, 0) is 24.6 Å². The van der Waals surface area contributed by atoms with Crippen LogP contribution in [-0.2, 0) is 24.6 Å². The molecular formula is C15H17NO6S2. The molecule has 1 saturated heterocycles. The van der Waals surface area contributed by atoms with Crippen LogP contribution < -0.4 is 4.72 Å². The second-order valence-corrected chi connectivity index (χ2v) is 9.28. The molecule has 130 valence electrons. The largest absolute Gasteiger partial charge is 0.461 e. The Morgan fingerprint density at radius 1 is 1.42 bits per heavy atom. The van der Waals surface area contributed by atoms with Gasteiger partial charge in [-0.15, -0.1) is 12.3 Å². The van der Waals surface area contributed by atoms with Crippen molar-refractivity contribution < 1.29 is 26.4 Å². The summed E-state index contributed by atoms with van der Waals surface area (Å²) in [4.78, 5) is 11.7. The molecule has 0 unspecified atom stereocenters. The van der Waals surface area contributed by atoms with Crippen molar-refractivity contribution in [2.45, 2.75) is 23.8 Å². The third-order valence-electron chi connectivity index (χ3n) is 3.41. The van der Waals surface area contributed by atoms with Crippen molar-refractivity contribution in [1.29, 1.82) is 0 Å². The fourth-order valence-electron chi connectivity index (χ4n) is 2.25. The molecule has 9 heteroatoms. The van der Waals surface area contributed by atoms with E-state index < -0.39 is 31.9 Å². The standard InChI is InChI=1S/C15H17NO6S2/c1-2-3-8-22-15(17)12-5-4-6-14(10-12)24(20,21)16-13-7-9-23(18,19)11-13/h1,4-6,10,13,16H,3,7-9,11H2/t13-/m0/s1. The lowest BCUT2D eigenvalue weighted by atomic mass is 10.2. The highest BCUT2D eigenvalue weighted by molar-refractivity contribution is 7.92. The molecule has 0 aromatic heterocycles. The van der Waals surface area contributed by atoms with E-state index in [4.69, 9.17) is 11.2 Å². The minimum Gasteiger partial charge on any atom is -0.461 e. The third kappa shape index (κ3) is 4.80. The quantitative estimate of drug-likeness (QED) is 0.439. The van der Waals surface area contributed by atoms with Crippen LogP contribution in [0.25, 0.3) is 0 Å². The number of rotatable bonds is 6. The highest BCUT2D eigenvalue weighted by atomic mass is 32.2. The molecule has 1 N–H and O–H groups in total. The van der Waals surface area contributed by atoms with E-state index >= 15 is 0 Å². The number of sulfone groups is 1. The highest BCUT2D eigenvalue weighted by Crippen LogP contribution is 2.17. The molecule has 24 heavy (non-hydrogen) atoms. The van der Waals surface area contributed by atoms with Gasteiger partial charge < -0.3 is 4.74 Å². The second-order valence-electron chi connectivity index (χ2n) is 5.34. The zero-order valence-electron chi connectivity index (χ0n) is 12.8. The van der Waals surface area contributed by atoms with Crippen LogP contribution in [0.3, 0.4) is 0 Å². The first-order valence-electron chi connectivity index (χ1n) is 7.17. The van der Waals surface area contributed by atoms with Crippen LogP contribution in [0.15, 0.2) is 29.2 Å². The molecule has 0 radical (unpaired) electrons. The molecule has 2 rings (SSSR count). The first-order chi connectivity index (χ1) is 11.2. The van der Waals surface area contributed by atoms with Gasteiger partial charge in [0.05, 0.1) is 22.0 Å². The van der Waals surface area contributed by atoms with Gasteiger partial charge in [-0.2, -0.15) is 0 Å². The number of terminal acetylenes is 1. The van der Waals surface area contributed by atoms with E-state index in [2.05, 4.69) is 10.6 Å². The summed E-state index contributed by atoms with van der Waals surface area (Å²) in [7, 11) is -7.13. The van der Waals surface area contributed by atoms with E-state index in [0.29, 0.717) is 0 Å². The number of carbonyl (C=O) groups is 1. The number of nitrogens with one attached hydrogen (secondary N) is 1. The molecule has 0 amide bonds. The first kappa shape index (κ1) is 18.4. The van der Waals surface area contributed by atoms with Crippen LogP contribution in [-0.4, -0.2) is 47.0 Å². The van der Waals surface area contributed by atoms with E-state index in [1.165, 1.54) is 24.3 Å². The van der Waals surface area contributed by atoms with Crippen molar-refractivity contribution in [3.05, 3.63) is 29.8 Å². The molecule has 1 fully saturated rings. The van der Waals surface area contributed by atoms with Crippen LogP contribution in [0.5, 0.6) is 0 Å². The topological polar surface area (TPSA) is 107 Å². The fraction of sp³-hybridized carbons (Fsp3) is 0.400. The van der Waals surface area contributed by atoms with Gasteiger partial charge in [0.15, 0.2) is 9.84 Å². The van der Waals surface area contributed by atoms with Crippen LogP contribution in [0.1, 0.15) is 23.2 Å². The summed E-state index contributed by atoms with van der Waals surface area (Å²) in [6.07, 6.45) is 5.56. The average molecular weight is 371 g/mol. The van der Waals surface area contributed by atoms with Crippen molar-refractivity contribution in [3.63, 3.8) is 0 Å². The van der Waals surface area contributed by atoms with Gasteiger partial charge in [0, 0.05) is 12.5 Å². The lowest BCUT2D eigenvalue weighted by Crippen LogP contribution is -2.35. The Hall–Kier alpha value is -1.89. The number of carbonyl (C=O) groups excluding carboxylic acids is 1. The van der Waals surface area contributed by atoms with Crippen molar-refractivity contribution in [1.82, 2.24) is 4.72 Å². The highest BCUT2D eigenvalue weighted by Gasteiger charge is 2.31. The van der Waals surface area contributed by atoms with E-state index in [1.54, 1.807) is 0 Å². The minimum absolute atomic E-state index is 0.0399. The molecule has 7 nitrogen and oxygen atoms in total. The monoisotopic (exact) mass is 371 g/mol. The van der Waals surface area contributed by atoms with Crippen molar-refractivity contribution >= 4 is 25.8 Å². The van der Waals surface area contributed by atoms with Gasteiger partial charge in [-0.25, -0.2) is 26.4 Å². The Bertz CT molecular complexity index is 867. The number of esters is 1. The Labute approximate surface area is 141 Å². The molecule has 1 aromatic rings. The van der Waals surface area contributed by atoms with E-state index in [1.807, 2.05) is 0 Å². The summed E-state index contributed by atoms with van der Waals surface area (Å²) >= 11 is 0. The summed E-state index contributed by atoms with van der Waals surface area (Å²) in [6, 6.07) is 4.69. The Kier molecular flexibility index (Phi) is 5.64. The van der Waals surface area contributed by atoms with Crippen molar-refractivity contribution in [3.8, 4) is 12.3 Å². The van der Waals surface area contributed by atoms with Gasteiger partial charge in [0.2, 0.25) is 10.0 Å².